The highest BCUT2D eigenvalue weighted by molar-refractivity contribution is 5.06. The Kier molecular flexibility index (Phi) is 5.34. The third-order valence-corrected chi connectivity index (χ3v) is 3.41. The first-order valence-electron chi connectivity index (χ1n) is 6.00. The van der Waals surface area contributed by atoms with Crippen LogP contribution >= 0.6 is 0 Å². The average Bonchev–Trinajstić information content (AvgIpc) is 2.75. The number of hydrogen-bond acceptors (Lipinski definition) is 5. The van der Waals surface area contributed by atoms with Crippen molar-refractivity contribution >= 4 is 0 Å². The fraction of sp³-hybridized carbons (Fsp3) is 0.692. The quantitative estimate of drug-likeness (QED) is 0.746. The second-order valence-corrected chi connectivity index (χ2v) is 4.73. The Bertz CT molecular complexity index is 363. The van der Waals surface area contributed by atoms with Crippen molar-refractivity contribution in [2.45, 2.75) is 32.2 Å². The number of ether oxygens (including phenoxy) is 2. The van der Waals surface area contributed by atoms with Crippen LogP contribution in [0.4, 0.5) is 0 Å². The summed E-state index contributed by atoms with van der Waals surface area (Å²) in [5.41, 5.74) is 5.47. The predicted octanol–water partition coefficient (Wildman–Crippen LogP) is 1.36. The molecule has 5 heteroatoms. The summed E-state index contributed by atoms with van der Waals surface area (Å²) in [6.45, 7) is 5.03. The third kappa shape index (κ3) is 3.11. The highest BCUT2D eigenvalue weighted by atomic mass is 16.7. The SMILES string of the molecule is COC(OC)C(C)(CN)N(C)Cc1ccc(C)o1. The zero-order valence-corrected chi connectivity index (χ0v) is 11.9. The molecular weight excluding hydrogens is 232 g/mol. The minimum absolute atomic E-state index is 0.386. The Morgan fingerprint density at radius 1 is 1.39 bits per heavy atom. The van der Waals surface area contributed by atoms with Gasteiger partial charge in [0.2, 0.25) is 0 Å². The highest BCUT2D eigenvalue weighted by Gasteiger charge is 2.38. The molecule has 0 aromatic carbocycles. The summed E-state index contributed by atoms with van der Waals surface area (Å²) in [7, 11) is 5.22. The number of aryl methyl sites for hydroxylation is 1. The number of hydrogen-bond donors (Lipinski definition) is 1. The molecule has 2 N–H and O–H groups in total. The molecule has 104 valence electrons. The second-order valence-electron chi connectivity index (χ2n) is 4.73. The van der Waals surface area contributed by atoms with Gasteiger partial charge < -0.3 is 19.6 Å². The molecule has 1 atom stereocenters. The van der Waals surface area contributed by atoms with E-state index < -0.39 is 5.54 Å². The maximum atomic E-state index is 5.89. The summed E-state index contributed by atoms with van der Waals surface area (Å²) >= 11 is 0. The predicted molar refractivity (Wildman–Crippen MR) is 70.2 cm³/mol. The van der Waals surface area contributed by atoms with Gasteiger partial charge >= 0.3 is 0 Å². The summed E-state index contributed by atoms with van der Waals surface area (Å²) in [4.78, 5) is 2.09. The van der Waals surface area contributed by atoms with Crippen LogP contribution in [0.2, 0.25) is 0 Å². The van der Waals surface area contributed by atoms with Crippen LogP contribution in [0, 0.1) is 6.92 Å². The number of methoxy groups -OCH3 is 2. The number of nitrogens with zero attached hydrogens (tertiary/aromatic N) is 1. The molecule has 1 heterocycles. The minimum Gasteiger partial charge on any atom is -0.465 e. The van der Waals surface area contributed by atoms with Crippen molar-refractivity contribution in [3.63, 3.8) is 0 Å². The summed E-state index contributed by atoms with van der Waals surface area (Å²) in [5.74, 6) is 1.81. The van der Waals surface area contributed by atoms with Crippen LogP contribution in [-0.2, 0) is 16.0 Å². The average molecular weight is 256 g/mol. The summed E-state index contributed by atoms with van der Waals surface area (Å²) < 4.78 is 16.3. The van der Waals surface area contributed by atoms with Crippen LogP contribution in [0.1, 0.15) is 18.4 Å². The molecule has 0 spiro atoms. The Morgan fingerprint density at radius 3 is 2.39 bits per heavy atom. The lowest BCUT2D eigenvalue weighted by molar-refractivity contribution is -0.179. The lowest BCUT2D eigenvalue weighted by Gasteiger charge is -2.41. The van der Waals surface area contributed by atoms with Gasteiger partial charge in [-0.2, -0.15) is 0 Å². The van der Waals surface area contributed by atoms with Gasteiger partial charge in [-0.05, 0) is 33.0 Å². The smallest absolute Gasteiger partial charge is 0.176 e. The van der Waals surface area contributed by atoms with Crippen molar-refractivity contribution in [2.24, 2.45) is 5.73 Å². The van der Waals surface area contributed by atoms with Gasteiger partial charge in [-0.15, -0.1) is 0 Å². The number of furan rings is 1. The first kappa shape index (κ1) is 15.2. The molecule has 0 fully saturated rings. The van der Waals surface area contributed by atoms with Crippen LogP contribution in [0.15, 0.2) is 16.5 Å². The maximum Gasteiger partial charge on any atom is 0.176 e. The van der Waals surface area contributed by atoms with E-state index in [0.717, 1.165) is 11.5 Å². The van der Waals surface area contributed by atoms with E-state index in [2.05, 4.69) is 4.90 Å². The summed E-state index contributed by atoms with van der Waals surface area (Å²) in [5, 5.41) is 0. The fourth-order valence-corrected chi connectivity index (χ4v) is 2.02. The number of likely N-dealkylation sites (N-methyl/N-ethyl adjacent to an activating group) is 1. The standard InChI is InChI=1S/C13H24N2O3/c1-10-6-7-11(18-10)8-15(3)13(2,9-14)12(16-4)17-5/h6-7,12H,8-9,14H2,1-5H3. The molecule has 0 radical (unpaired) electrons. The highest BCUT2D eigenvalue weighted by Crippen LogP contribution is 2.22. The summed E-state index contributed by atoms with van der Waals surface area (Å²) in [6, 6.07) is 3.92. The van der Waals surface area contributed by atoms with Gasteiger partial charge in [0, 0.05) is 20.8 Å². The van der Waals surface area contributed by atoms with Crippen LogP contribution < -0.4 is 5.73 Å². The molecule has 0 aliphatic carbocycles. The van der Waals surface area contributed by atoms with Crippen molar-refractivity contribution in [1.29, 1.82) is 0 Å². The van der Waals surface area contributed by atoms with Gasteiger partial charge in [0.1, 0.15) is 11.5 Å². The van der Waals surface area contributed by atoms with Gasteiger partial charge in [-0.1, -0.05) is 0 Å². The van der Waals surface area contributed by atoms with Crippen molar-refractivity contribution in [3.8, 4) is 0 Å². The molecule has 1 unspecified atom stereocenters. The Hall–Kier alpha value is -0.880. The Labute approximate surface area is 109 Å². The minimum atomic E-state index is -0.413. The number of nitrogens with two attached hydrogens (primary N) is 1. The molecule has 18 heavy (non-hydrogen) atoms. The normalized spacial score (nSPS) is 15.3. The van der Waals surface area contributed by atoms with Crippen LogP contribution in [0.3, 0.4) is 0 Å². The Morgan fingerprint density at radius 2 is 2.00 bits per heavy atom. The van der Waals surface area contributed by atoms with E-state index in [1.807, 2.05) is 33.0 Å². The fourth-order valence-electron chi connectivity index (χ4n) is 2.02. The molecule has 0 aliphatic rings. The van der Waals surface area contributed by atoms with Crippen LogP contribution in [0.25, 0.3) is 0 Å². The zero-order chi connectivity index (χ0) is 13.8. The first-order chi connectivity index (χ1) is 8.47. The van der Waals surface area contributed by atoms with Crippen LogP contribution in [0.5, 0.6) is 0 Å². The topological polar surface area (TPSA) is 60.9 Å². The molecule has 0 saturated carbocycles. The lowest BCUT2D eigenvalue weighted by Crippen LogP contribution is -2.58. The van der Waals surface area contributed by atoms with Crippen molar-refractivity contribution < 1.29 is 13.9 Å². The lowest BCUT2D eigenvalue weighted by atomic mass is 9.99. The second kappa shape index (κ2) is 6.33. The van der Waals surface area contributed by atoms with E-state index in [1.165, 1.54) is 0 Å². The first-order valence-corrected chi connectivity index (χ1v) is 6.00. The van der Waals surface area contributed by atoms with Gasteiger partial charge in [-0.25, -0.2) is 0 Å². The van der Waals surface area contributed by atoms with E-state index in [1.54, 1.807) is 14.2 Å². The third-order valence-electron chi connectivity index (χ3n) is 3.41. The van der Waals surface area contributed by atoms with E-state index in [4.69, 9.17) is 19.6 Å². The van der Waals surface area contributed by atoms with E-state index in [-0.39, 0.29) is 6.29 Å². The van der Waals surface area contributed by atoms with E-state index in [0.29, 0.717) is 13.1 Å². The van der Waals surface area contributed by atoms with Gasteiger partial charge in [-0.3, -0.25) is 4.90 Å². The zero-order valence-electron chi connectivity index (χ0n) is 11.9. The van der Waals surface area contributed by atoms with Crippen molar-refractivity contribution in [2.75, 3.05) is 27.8 Å². The molecule has 0 bridgehead atoms. The van der Waals surface area contributed by atoms with E-state index >= 15 is 0 Å². The van der Waals surface area contributed by atoms with Crippen LogP contribution in [-0.4, -0.2) is 44.5 Å². The van der Waals surface area contributed by atoms with Gasteiger partial charge in [0.15, 0.2) is 6.29 Å². The summed E-state index contributed by atoms with van der Waals surface area (Å²) in [6.07, 6.45) is -0.386. The van der Waals surface area contributed by atoms with Gasteiger partial charge in [0.05, 0.1) is 12.1 Å². The van der Waals surface area contributed by atoms with Gasteiger partial charge in [0.25, 0.3) is 0 Å². The molecule has 5 nitrogen and oxygen atoms in total. The number of rotatable bonds is 7. The molecule has 0 aliphatic heterocycles. The maximum absolute atomic E-state index is 5.89. The molecular formula is C13H24N2O3. The monoisotopic (exact) mass is 256 g/mol. The van der Waals surface area contributed by atoms with Crippen molar-refractivity contribution in [1.82, 2.24) is 4.90 Å². The molecule has 0 saturated heterocycles. The molecule has 1 aromatic rings. The Balaban J connectivity index is 2.80. The largest absolute Gasteiger partial charge is 0.465 e. The van der Waals surface area contributed by atoms with Crippen molar-refractivity contribution in [3.05, 3.63) is 23.7 Å². The molecule has 1 aromatic heterocycles. The molecule has 1 rings (SSSR count). The van der Waals surface area contributed by atoms with E-state index in [9.17, 15) is 0 Å². The molecule has 0 amide bonds.